The summed E-state index contributed by atoms with van der Waals surface area (Å²) in [7, 11) is 2.50. The number of esters is 2. The minimum absolute atomic E-state index is 0.193. The van der Waals surface area contributed by atoms with E-state index in [0.717, 1.165) is 11.1 Å². The van der Waals surface area contributed by atoms with Gasteiger partial charge in [-0.2, -0.15) is 5.26 Å². The maximum atomic E-state index is 12.1. The Morgan fingerprint density at radius 3 is 2.27 bits per heavy atom. The first-order valence-electron chi connectivity index (χ1n) is 6.87. The molecule has 0 saturated heterocycles. The largest absolute Gasteiger partial charge is 0.468 e. The van der Waals surface area contributed by atoms with Crippen molar-refractivity contribution in [1.29, 1.82) is 5.26 Å². The van der Waals surface area contributed by atoms with Crippen LogP contribution in [0.2, 0.25) is 0 Å². The number of nitrogens with zero attached hydrogens (tertiary/aromatic N) is 2. The fourth-order valence-corrected chi connectivity index (χ4v) is 2.72. The van der Waals surface area contributed by atoms with Crippen LogP contribution in [0.25, 0.3) is 0 Å². The molecule has 2 rings (SSSR count). The molecule has 1 aliphatic rings. The highest BCUT2D eigenvalue weighted by molar-refractivity contribution is 6.01. The summed E-state index contributed by atoms with van der Waals surface area (Å²) in [5.41, 5.74) is 0.136. The summed E-state index contributed by atoms with van der Waals surface area (Å²) in [6.07, 6.45) is 2.01. The highest BCUT2D eigenvalue weighted by Gasteiger charge is 2.52. The molecule has 1 aromatic heterocycles. The molecule has 0 spiro atoms. The molecule has 0 unspecified atom stereocenters. The molecule has 6 nitrogen and oxygen atoms in total. The number of methoxy groups -OCH3 is 2. The number of pyridine rings is 1. The van der Waals surface area contributed by atoms with E-state index in [9.17, 15) is 14.9 Å². The van der Waals surface area contributed by atoms with Crippen molar-refractivity contribution in [3.63, 3.8) is 0 Å². The summed E-state index contributed by atoms with van der Waals surface area (Å²) in [5.74, 6) is -1.23. The first-order valence-corrected chi connectivity index (χ1v) is 6.87. The van der Waals surface area contributed by atoms with Gasteiger partial charge in [-0.25, -0.2) is 0 Å². The van der Waals surface area contributed by atoms with Gasteiger partial charge in [0.1, 0.15) is 0 Å². The van der Waals surface area contributed by atoms with Gasteiger partial charge in [0.2, 0.25) is 0 Å². The van der Waals surface area contributed by atoms with Gasteiger partial charge in [-0.15, -0.1) is 0 Å². The van der Waals surface area contributed by atoms with E-state index in [1.165, 1.54) is 14.2 Å². The van der Waals surface area contributed by atoms with Crippen molar-refractivity contribution >= 4 is 11.9 Å². The quantitative estimate of drug-likeness (QED) is 0.618. The number of rotatable bonds is 3. The average molecular weight is 302 g/mol. The summed E-state index contributed by atoms with van der Waals surface area (Å²) in [6.45, 7) is 3.54. The van der Waals surface area contributed by atoms with Crippen molar-refractivity contribution in [3.05, 3.63) is 29.1 Å². The van der Waals surface area contributed by atoms with Crippen LogP contribution in [0.5, 0.6) is 0 Å². The zero-order chi connectivity index (χ0) is 16.5. The summed E-state index contributed by atoms with van der Waals surface area (Å²) in [5, 5.41) is 9.21. The van der Waals surface area contributed by atoms with Gasteiger partial charge in [0.05, 0.1) is 31.4 Å². The molecule has 6 heteroatoms. The third-order valence-electron chi connectivity index (χ3n) is 4.14. The number of hydrogen-bond acceptors (Lipinski definition) is 6. The maximum absolute atomic E-state index is 12.1. The lowest BCUT2D eigenvalue weighted by molar-refractivity contribution is -0.168. The molecule has 0 aromatic carbocycles. The fraction of sp³-hybridized carbons (Fsp3) is 0.500. The zero-order valence-corrected chi connectivity index (χ0v) is 13.1. The third-order valence-corrected chi connectivity index (χ3v) is 4.14. The molecule has 0 bridgehead atoms. The molecule has 0 amide bonds. The number of aromatic nitrogens is 1. The van der Waals surface area contributed by atoms with E-state index in [0.29, 0.717) is 5.69 Å². The van der Waals surface area contributed by atoms with E-state index >= 15 is 0 Å². The molecule has 1 aliphatic carbocycles. The SMILES string of the molecule is COC(=O)C1(C(=O)OC)Cc2cnc(C(C)(C)C#N)cc2C1. The van der Waals surface area contributed by atoms with Crippen LogP contribution in [-0.2, 0) is 37.3 Å². The van der Waals surface area contributed by atoms with Crippen LogP contribution >= 0.6 is 0 Å². The average Bonchev–Trinajstić information content (AvgIpc) is 2.92. The number of carbonyl (C=O) groups excluding carboxylic acids is 2. The third kappa shape index (κ3) is 2.33. The number of carbonyl (C=O) groups is 2. The second-order valence-electron chi connectivity index (χ2n) is 5.99. The van der Waals surface area contributed by atoms with Gasteiger partial charge in [-0.3, -0.25) is 14.6 Å². The Hall–Kier alpha value is -2.42. The predicted molar refractivity (Wildman–Crippen MR) is 76.7 cm³/mol. The highest BCUT2D eigenvalue weighted by atomic mass is 16.5. The molecule has 1 heterocycles. The lowest BCUT2D eigenvalue weighted by Gasteiger charge is -2.22. The summed E-state index contributed by atoms with van der Waals surface area (Å²) < 4.78 is 9.60. The lowest BCUT2D eigenvalue weighted by atomic mass is 9.84. The fourth-order valence-electron chi connectivity index (χ4n) is 2.72. The van der Waals surface area contributed by atoms with Gasteiger partial charge in [0.25, 0.3) is 0 Å². The summed E-state index contributed by atoms with van der Waals surface area (Å²) in [6, 6.07) is 3.98. The van der Waals surface area contributed by atoms with Crippen LogP contribution in [0.15, 0.2) is 12.3 Å². The monoisotopic (exact) mass is 302 g/mol. The number of fused-ring (bicyclic) bond motifs is 1. The van der Waals surface area contributed by atoms with Crippen molar-refractivity contribution in [3.8, 4) is 6.07 Å². The number of ether oxygens (including phenoxy) is 2. The second-order valence-corrected chi connectivity index (χ2v) is 5.99. The molecule has 116 valence electrons. The number of hydrogen-bond donors (Lipinski definition) is 0. The Balaban J connectivity index is 2.46. The Kier molecular flexibility index (Phi) is 3.92. The Morgan fingerprint density at radius 1 is 1.23 bits per heavy atom. The maximum Gasteiger partial charge on any atom is 0.323 e. The Labute approximate surface area is 129 Å². The lowest BCUT2D eigenvalue weighted by Crippen LogP contribution is -2.42. The highest BCUT2D eigenvalue weighted by Crippen LogP contribution is 2.40. The van der Waals surface area contributed by atoms with E-state index in [1.54, 1.807) is 26.1 Å². The summed E-state index contributed by atoms with van der Waals surface area (Å²) in [4.78, 5) is 28.6. The molecular weight excluding hydrogens is 284 g/mol. The van der Waals surface area contributed by atoms with Crippen LogP contribution in [0, 0.1) is 16.7 Å². The van der Waals surface area contributed by atoms with E-state index < -0.39 is 22.8 Å². The molecule has 1 aromatic rings. The Morgan fingerprint density at radius 2 is 1.77 bits per heavy atom. The van der Waals surface area contributed by atoms with Crippen molar-refractivity contribution in [2.24, 2.45) is 5.41 Å². The minimum Gasteiger partial charge on any atom is -0.468 e. The molecule has 0 saturated carbocycles. The van der Waals surface area contributed by atoms with Crippen LogP contribution in [0.1, 0.15) is 30.7 Å². The van der Waals surface area contributed by atoms with E-state index in [-0.39, 0.29) is 12.8 Å². The van der Waals surface area contributed by atoms with Gasteiger partial charge in [-0.1, -0.05) is 0 Å². The van der Waals surface area contributed by atoms with Gasteiger partial charge < -0.3 is 9.47 Å². The molecule has 0 N–H and O–H groups in total. The molecule has 0 aliphatic heterocycles. The Bertz CT molecular complexity index is 657. The zero-order valence-electron chi connectivity index (χ0n) is 13.1. The van der Waals surface area contributed by atoms with Gasteiger partial charge in [0.15, 0.2) is 5.41 Å². The van der Waals surface area contributed by atoms with Crippen molar-refractivity contribution < 1.29 is 19.1 Å². The van der Waals surface area contributed by atoms with Crippen molar-refractivity contribution in [2.45, 2.75) is 32.1 Å². The normalized spacial score (nSPS) is 15.6. The molecule has 22 heavy (non-hydrogen) atoms. The smallest absolute Gasteiger partial charge is 0.323 e. The van der Waals surface area contributed by atoms with Gasteiger partial charge in [0, 0.05) is 12.6 Å². The predicted octanol–water partition coefficient (Wildman–Crippen LogP) is 1.31. The van der Waals surface area contributed by atoms with Crippen LogP contribution in [0.4, 0.5) is 0 Å². The van der Waals surface area contributed by atoms with Crippen molar-refractivity contribution in [2.75, 3.05) is 14.2 Å². The molecule has 0 atom stereocenters. The molecule has 0 radical (unpaired) electrons. The first kappa shape index (κ1) is 16.0. The molecule has 0 fully saturated rings. The molecular formula is C16H18N2O4. The van der Waals surface area contributed by atoms with Crippen LogP contribution in [-0.4, -0.2) is 31.1 Å². The topological polar surface area (TPSA) is 89.3 Å². The van der Waals surface area contributed by atoms with Gasteiger partial charge >= 0.3 is 11.9 Å². The van der Waals surface area contributed by atoms with Crippen LogP contribution in [0.3, 0.4) is 0 Å². The van der Waals surface area contributed by atoms with Crippen LogP contribution < -0.4 is 0 Å². The van der Waals surface area contributed by atoms with Gasteiger partial charge in [-0.05, 0) is 37.5 Å². The minimum atomic E-state index is -1.36. The standard InChI is InChI=1S/C16H18N2O4/c1-15(2,9-17)12-5-10-6-16(13(19)21-3,14(20)22-4)7-11(10)8-18-12/h5,8H,6-7H2,1-4H3. The van der Waals surface area contributed by atoms with E-state index in [1.807, 2.05) is 0 Å². The first-order chi connectivity index (χ1) is 10.3. The second kappa shape index (κ2) is 5.41. The summed E-state index contributed by atoms with van der Waals surface area (Å²) >= 11 is 0. The van der Waals surface area contributed by atoms with E-state index in [4.69, 9.17) is 9.47 Å². The number of nitriles is 1. The van der Waals surface area contributed by atoms with E-state index in [2.05, 4.69) is 11.1 Å². The van der Waals surface area contributed by atoms with Crippen molar-refractivity contribution in [1.82, 2.24) is 4.98 Å².